The summed E-state index contributed by atoms with van der Waals surface area (Å²) in [6.07, 6.45) is 0.520. The molecule has 2 unspecified atom stereocenters. The molecule has 0 saturated carbocycles. The van der Waals surface area contributed by atoms with Crippen LogP contribution in [0.25, 0.3) is 0 Å². The largest absolute Gasteiger partial charge is 0.494 e. The number of hydrogen-bond donors (Lipinski definition) is 1. The summed E-state index contributed by atoms with van der Waals surface area (Å²) >= 11 is 0. The van der Waals surface area contributed by atoms with Crippen LogP contribution in [0, 0.1) is 0 Å². The molecule has 21 heavy (non-hydrogen) atoms. The Hall–Kier alpha value is -1.59. The summed E-state index contributed by atoms with van der Waals surface area (Å²) in [6.45, 7) is 4.37. The molecule has 2 heterocycles. The minimum absolute atomic E-state index is 0.0949. The number of carbonyl (C=O) groups is 1. The minimum atomic E-state index is -0.609. The summed E-state index contributed by atoms with van der Waals surface area (Å²) in [7, 11) is 0. The Morgan fingerprint density at radius 2 is 2.14 bits per heavy atom. The van der Waals surface area contributed by atoms with Gasteiger partial charge in [0, 0.05) is 31.5 Å². The van der Waals surface area contributed by atoms with Gasteiger partial charge in [0.1, 0.15) is 30.0 Å². The third kappa shape index (κ3) is 2.89. The first kappa shape index (κ1) is 14.4. The highest BCUT2D eigenvalue weighted by atomic mass is 16.5. The van der Waals surface area contributed by atoms with Crippen molar-refractivity contribution < 1.29 is 19.4 Å². The molecule has 0 radical (unpaired) electrons. The molecule has 114 valence electrons. The van der Waals surface area contributed by atoms with Crippen LogP contribution in [-0.4, -0.2) is 48.1 Å². The number of rotatable bonds is 3. The number of likely N-dealkylation sites (tertiary alicyclic amines) is 1. The highest BCUT2D eigenvalue weighted by molar-refractivity contribution is 5.79. The molecule has 0 spiro atoms. The monoisotopic (exact) mass is 291 g/mol. The molecule has 0 bridgehead atoms. The highest BCUT2D eigenvalue weighted by Crippen LogP contribution is 2.37. The molecule has 5 heteroatoms. The maximum absolute atomic E-state index is 11.4. The zero-order valence-electron chi connectivity index (χ0n) is 12.2. The van der Waals surface area contributed by atoms with E-state index in [0.29, 0.717) is 44.9 Å². The Kier molecular flexibility index (Phi) is 4.12. The number of Topliss-reactive ketones (excluding diaryl/α,β-unsaturated/α-hetero) is 1. The molecule has 1 saturated heterocycles. The van der Waals surface area contributed by atoms with Crippen LogP contribution in [0.1, 0.15) is 31.4 Å². The smallest absolute Gasteiger partial charge is 0.135 e. The van der Waals surface area contributed by atoms with Gasteiger partial charge in [-0.15, -0.1) is 0 Å². The third-order valence-electron chi connectivity index (χ3n) is 4.21. The van der Waals surface area contributed by atoms with E-state index in [0.717, 1.165) is 17.1 Å². The molecular formula is C16H21NO4. The van der Waals surface area contributed by atoms with Crippen molar-refractivity contribution in [3.63, 3.8) is 0 Å². The van der Waals surface area contributed by atoms with Crippen LogP contribution in [-0.2, 0) is 4.79 Å². The molecule has 1 aromatic rings. The van der Waals surface area contributed by atoms with Gasteiger partial charge in [0.15, 0.2) is 0 Å². The molecular weight excluding hydrogens is 270 g/mol. The lowest BCUT2D eigenvalue weighted by molar-refractivity contribution is -0.123. The fourth-order valence-corrected chi connectivity index (χ4v) is 3.03. The minimum Gasteiger partial charge on any atom is -0.494 e. The van der Waals surface area contributed by atoms with Gasteiger partial charge in [0.25, 0.3) is 0 Å². The molecule has 2 atom stereocenters. The highest BCUT2D eigenvalue weighted by Gasteiger charge is 2.35. The molecule has 3 rings (SSSR count). The van der Waals surface area contributed by atoms with E-state index in [1.54, 1.807) is 0 Å². The molecule has 0 aromatic heterocycles. The Balaban J connectivity index is 1.78. The van der Waals surface area contributed by atoms with Gasteiger partial charge in [-0.3, -0.25) is 9.69 Å². The van der Waals surface area contributed by atoms with Crippen LogP contribution in [0.3, 0.4) is 0 Å². The van der Waals surface area contributed by atoms with E-state index in [4.69, 9.17) is 9.47 Å². The second-order valence-electron chi connectivity index (χ2n) is 5.53. The summed E-state index contributed by atoms with van der Waals surface area (Å²) in [5, 5.41) is 10.7. The van der Waals surface area contributed by atoms with Gasteiger partial charge in [0.2, 0.25) is 0 Å². The van der Waals surface area contributed by atoms with E-state index in [9.17, 15) is 9.90 Å². The van der Waals surface area contributed by atoms with Crippen molar-refractivity contribution >= 4 is 5.78 Å². The normalized spacial score (nSPS) is 26.1. The zero-order chi connectivity index (χ0) is 14.8. The van der Waals surface area contributed by atoms with E-state index in [1.807, 2.05) is 25.1 Å². The first-order valence-corrected chi connectivity index (χ1v) is 7.52. The van der Waals surface area contributed by atoms with Gasteiger partial charge in [-0.05, 0) is 25.1 Å². The summed E-state index contributed by atoms with van der Waals surface area (Å²) in [4.78, 5) is 13.5. The number of nitrogens with zero attached hydrogens (tertiary/aromatic N) is 1. The summed E-state index contributed by atoms with van der Waals surface area (Å²) in [5.41, 5.74) is 0.772. The van der Waals surface area contributed by atoms with Crippen molar-refractivity contribution in [2.24, 2.45) is 0 Å². The number of piperidine rings is 1. The Labute approximate surface area is 124 Å². The van der Waals surface area contributed by atoms with Crippen LogP contribution < -0.4 is 9.47 Å². The first-order valence-electron chi connectivity index (χ1n) is 7.52. The van der Waals surface area contributed by atoms with Crippen molar-refractivity contribution in [1.29, 1.82) is 0 Å². The van der Waals surface area contributed by atoms with E-state index >= 15 is 0 Å². The fourth-order valence-electron chi connectivity index (χ4n) is 3.03. The SMILES string of the molecule is CCOc1ccc2c(c1)C(O)C(N1CCC(=O)CC1)CO2. The number of carbonyl (C=O) groups excluding carboxylic acids is 1. The Bertz CT molecular complexity index is 521. The van der Waals surface area contributed by atoms with Crippen LogP contribution in [0.2, 0.25) is 0 Å². The standard InChI is InChI=1S/C16H21NO4/c1-2-20-12-3-4-15-13(9-12)16(19)14(10-21-15)17-7-5-11(18)6-8-17/h3-4,9,14,16,19H,2,5-8,10H2,1H3. The van der Waals surface area contributed by atoms with Gasteiger partial charge >= 0.3 is 0 Å². The second-order valence-corrected chi connectivity index (χ2v) is 5.53. The molecule has 1 N–H and O–H groups in total. The average molecular weight is 291 g/mol. The number of ketones is 1. The number of fused-ring (bicyclic) bond motifs is 1. The molecule has 0 amide bonds. The van der Waals surface area contributed by atoms with E-state index in [1.165, 1.54) is 0 Å². The predicted molar refractivity (Wildman–Crippen MR) is 77.7 cm³/mol. The van der Waals surface area contributed by atoms with Crippen molar-refractivity contribution in [3.05, 3.63) is 23.8 Å². The van der Waals surface area contributed by atoms with Gasteiger partial charge in [-0.1, -0.05) is 0 Å². The second kappa shape index (κ2) is 6.03. The van der Waals surface area contributed by atoms with Crippen molar-refractivity contribution in [2.45, 2.75) is 31.9 Å². The number of aliphatic hydroxyl groups is 1. The lowest BCUT2D eigenvalue weighted by Gasteiger charge is -2.39. The van der Waals surface area contributed by atoms with E-state index in [2.05, 4.69) is 4.90 Å². The summed E-state index contributed by atoms with van der Waals surface area (Å²) in [5.74, 6) is 1.76. The predicted octanol–water partition coefficient (Wildman–Crippen LogP) is 1.54. The number of ether oxygens (including phenoxy) is 2. The van der Waals surface area contributed by atoms with Gasteiger partial charge in [0.05, 0.1) is 12.6 Å². The third-order valence-corrected chi connectivity index (χ3v) is 4.21. The van der Waals surface area contributed by atoms with E-state index < -0.39 is 6.10 Å². The van der Waals surface area contributed by atoms with Gasteiger partial charge in [-0.2, -0.15) is 0 Å². The van der Waals surface area contributed by atoms with Gasteiger partial charge in [-0.25, -0.2) is 0 Å². The van der Waals surface area contributed by atoms with Crippen molar-refractivity contribution in [2.75, 3.05) is 26.3 Å². The number of aliphatic hydroxyl groups excluding tert-OH is 1. The van der Waals surface area contributed by atoms with Crippen molar-refractivity contribution in [1.82, 2.24) is 4.90 Å². The van der Waals surface area contributed by atoms with Crippen molar-refractivity contribution in [3.8, 4) is 11.5 Å². The topological polar surface area (TPSA) is 59.0 Å². The van der Waals surface area contributed by atoms with Crippen LogP contribution >= 0.6 is 0 Å². The van der Waals surface area contributed by atoms with Crippen LogP contribution in [0.4, 0.5) is 0 Å². The molecule has 1 fully saturated rings. The molecule has 2 aliphatic heterocycles. The number of hydrogen-bond acceptors (Lipinski definition) is 5. The molecule has 2 aliphatic rings. The lowest BCUT2D eigenvalue weighted by atomic mass is 9.95. The zero-order valence-corrected chi connectivity index (χ0v) is 12.2. The maximum atomic E-state index is 11.4. The molecule has 1 aromatic carbocycles. The molecule has 5 nitrogen and oxygen atoms in total. The molecule has 0 aliphatic carbocycles. The van der Waals surface area contributed by atoms with Gasteiger partial charge < -0.3 is 14.6 Å². The van der Waals surface area contributed by atoms with Crippen LogP contribution in [0.5, 0.6) is 11.5 Å². The van der Waals surface area contributed by atoms with E-state index in [-0.39, 0.29) is 6.04 Å². The average Bonchev–Trinajstić information content (AvgIpc) is 2.50. The summed E-state index contributed by atoms with van der Waals surface area (Å²) in [6, 6.07) is 5.46. The quantitative estimate of drug-likeness (QED) is 0.915. The first-order chi connectivity index (χ1) is 10.2. The lowest BCUT2D eigenvalue weighted by Crippen LogP contribution is -2.49. The Morgan fingerprint density at radius 1 is 1.38 bits per heavy atom. The van der Waals surface area contributed by atoms with Crippen LogP contribution in [0.15, 0.2) is 18.2 Å². The fraction of sp³-hybridized carbons (Fsp3) is 0.562. The Morgan fingerprint density at radius 3 is 2.86 bits per heavy atom. The maximum Gasteiger partial charge on any atom is 0.135 e. The number of benzene rings is 1. The summed E-state index contributed by atoms with van der Waals surface area (Å²) < 4.78 is 11.3.